The Hall–Kier alpha value is -2.89. The summed E-state index contributed by atoms with van der Waals surface area (Å²) in [5.41, 5.74) is 0.752. The number of fused-ring (bicyclic) bond motifs is 1. The Bertz CT molecular complexity index is 866. The largest absolute Gasteiger partial charge is 0.435 e. The van der Waals surface area contributed by atoms with E-state index in [-0.39, 0.29) is 23.8 Å². The zero-order valence-electron chi connectivity index (χ0n) is 13.3. The molecule has 0 atom stereocenters. The van der Waals surface area contributed by atoms with E-state index in [0.717, 1.165) is 10.7 Å². The highest BCUT2D eigenvalue weighted by atomic mass is 19.4. The quantitative estimate of drug-likeness (QED) is 0.835. The summed E-state index contributed by atoms with van der Waals surface area (Å²) >= 11 is 0. The summed E-state index contributed by atoms with van der Waals surface area (Å²) in [5, 5.41) is 12.4. The molecule has 0 saturated carbocycles. The molecule has 130 valence electrons. The zero-order chi connectivity index (χ0) is 18.2. The van der Waals surface area contributed by atoms with Crippen molar-refractivity contribution in [1.29, 1.82) is 5.26 Å². The number of alkyl halides is 3. The van der Waals surface area contributed by atoms with Gasteiger partial charge in [-0.15, -0.1) is 0 Å². The summed E-state index contributed by atoms with van der Waals surface area (Å²) in [4.78, 5) is 18.3. The Balaban J connectivity index is 1.84. The van der Waals surface area contributed by atoms with Crippen LogP contribution in [0.25, 0.3) is 0 Å². The third-order valence-electron chi connectivity index (χ3n) is 4.01. The van der Waals surface area contributed by atoms with E-state index in [0.29, 0.717) is 30.8 Å². The first kappa shape index (κ1) is 17.0. The van der Waals surface area contributed by atoms with Crippen LogP contribution in [0.1, 0.15) is 29.2 Å². The first-order valence-corrected chi connectivity index (χ1v) is 7.61. The fraction of sp³-hybridized carbons (Fsp3) is 0.375. The van der Waals surface area contributed by atoms with Crippen LogP contribution in [0.2, 0.25) is 0 Å². The predicted molar refractivity (Wildman–Crippen MR) is 81.6 cm³/mol. The van der Waals surface area contributed by atoms with Crippen molar-refractivity contribution in [2.45, 2.75) is 32.5 Å². The molecule has 0 spiro atoms. The van der Waals surface area contributed by atoms with E-state index < -0.39 is 11.9 Å². The van der Waals surface area contributed by atoms with Crippen LogP contribution in [-0.4, -0.2) is 27.2 Å². The van der Waals surface area contributed by atoms with Crippen molar-refractivity contribution in [3.8, 4) is 6.07 Å². The van der Waals surface area contributed by atoms with Gasteiger partial charge in [-0.25, -0.2) is 4.98 Å². The number of aryl methyl sites for hydroxylation is 2. The number of carbonyl (C=O) groups is 1. The molecule has 25 heavy (non-hydrogen) atoms. The van der Waals surface area contributed by atoms with Crippen LogP contribution in [0.15, 0.2) is 18.2 Å². The number of amides is 1. The molecule has 0 fully saturated rings. The first-order chi connectivity index (χ1) is 11.8. The average molecular weight is 349 g/mol. The summed E-state index contributed by atoms with van der Waals surface area (Å²) in [7, 11) is 0. The molecule has 0 aliphatic carbocycles. The molecule has 1 amide bonds. The molecule has 3 heterocycles. The predicted octanol–water partition coefficient (Wildman–Crippen LogP) is 2.46. The minimum atomic E-state index is -4.55. The minimum absolute atomic E-state index is 0.260. The van der Waals surface area contributed by atoms with Crippen LogP contribution < -0.4 is 4.90 Å². The average Bonchev–Trinajstić information content (AvgIpc) is 2.94. The SMILES string of the molecule is Cc1cc(C(F)(F)F)nn1CC(=O)N1CCCc2nc(C#N)ccc21. The van der Waals surface area contributed by atoms with E-state index >= 15 is 0 Å². The van der Waals surface area contributed by atoms with E-state index in [1.54, 1.807) is 6.07 Å². The van der Waals surface area contributed by atoms with Gasteiger partial charge < -0.3 is 4.90 Å². The second-order valence-corrected chi connectivity index (χ2v) is 5.75. The van der Waals surface area contributed by atoms with E-state index in [1.807, 2.05) is 6.07 Å². The molecule has 1 aliphatic heterocycles. The van der Waals surface area contributed by atoms with Crippen LogP contribution in [0, 0.1) is 18.3 Å². The second kappa shape index (κ2) is 6.20. The van der Waals surface area contributed by atoms with Gasteiger partial charge in [0, 0.05) is 12.2 Å². The molecule has 0 bridgehead atoms. The van der Waals surface area contributed by atoms with Crippen LogP contribution in [0.5, 0.6) is 0 Å². The van der Waals surface area contributed by atoms with Gasteiger partial charge in [0.1, 0.15) is 18.3 Å². The standard InChI is InChI=1S/C16H14F3N5O/c1-10-7-14(16(17,18)19)22-24(10)9-15(25)23-6-2-3-12-13(23)5-4-11(8-20)21-12/h4-5,7H,2-3,6,9H2,1H3. The van der Waals surface area contributed by atoms with Crippen LogP contribution >= 0.6 is 0 Å². The van der Waals surface area contributed by atoms with Crippen LogP contribution in [-0.2, 0) is 23.9 Å². The monoisotopic (exact) mass is 349 g/mol. The van der Waals surface area contributed by atoms with Gasteiger partial charge >= 0.3 is 6.18 Å². The molecule has 0 radical (unpaired) electrons. The fourth-order valence-corrected chi connectivity index (χ4v) is 2.79. The number of hydrogen-bond donors (Lipinski definition) is 0. The molecular weight excluding hydrogens is 335 g/mol. The Kier molecular flexibility index (Phi) is 4.20. The van der Waals surface area contributed by atoms with Crippen LogP contribution in [0.4, 0.5) is 18.9 Å². The van der Waals surface area contributed by atoms with Gasteiger partial charge in [0.15, 0.2) is 5.69 Å². The summed E-state index contributed by atoms with van der Waals surface area (Å²) in [5.74, 6) is -0.368. The Morgan fingerprint density at radius 3 is 2.80 bits per heavy atom. The van der Waals surface area contributed by atoms with Crippen molar-refractivity contribution in [2.24, 2.45) is 0 Å². The number of hydrogen-bond acceptors (Lipinski definition) is 4. The number of pyridine rings is 1. The number of nitriles is 1. The van der Waals surface area contributed by atoms with Gasteiger partial charge in [-0.05, 0) is 38.0 Å². The molecule has 1 aliphatic rings. The molecule has 0 saturated heterocycles. The summed E-state index contributed by atoms with van der Waals surface area (Å²) in [6, 6.07) is 6.03. The number of aromatic nitrogens is 3. The smallest absolute Gasteiger partial charge is 0.309 e. The van der Waals surface area contributed by atoms with Gasteiger partial charge in [-0.2, -0.15) is 23.5 Å². The van der Waals surface area contributed by atoms with E-state index in [9.17, 15) is 18.0 Å². The lowest BCUT2D eigenvalue weighted by molar-refractivity contribution is -0.141. The van der Waals surface area contributed by atoms with Gasteiger partial charge in [-0.1, -0.05) is 0 Å². The number of carbonyl (C=O) groups excluding carboxylic acids is 1. The van der Waals surface area contributed by atoms with Crippen LogP contribution in [0.3, 0.4) is 0 Å². The molecular formula is C16H14F3N5O. The molecule has 2 aromatic heterocycles. The number of rotatable bonds is 2. The van der Waals surface area contributed by atoms with E-state index in [4.69, 9.17) is 5.26 Å². The normalized spacial score (nSPS) is 14.1. The molecule has 0 N–H and O–H groups in total. The lowest BCUT2D eigenvalue weighted by Crippen LogP contribution is -2.38. The lowest BCUT2D eigenvalue weighted by Gasteiger charge is -2.29. The molecule has 0 unspecified atom stereocenters. The zero-order valence-corrected chi connectivity index (χ0v) is 13.3. The summed E-state index contributed by atoms with van der Waals surface area (Å²) < 4.78 is 39.3. The highest BCUT2D eigenvalue weighted by molar-refractivity contribution is 5.94. The summed E-state index contributed by atoms with van der Waals surface area (Å²) in [6.45, 7) is 1.63. The van der Waals surface area contributed by atoms with Crippen molar-refractivity contribution in [1.82, 2.24) is 14.8 Å². The Morgan fingerprint density at radius 2 is 2.16 bits per heavy atom. The van der Waals surface area contributed by atoms with E-state index in [2.05, 4.69) is 10.1 Å². The molecule has 2 aromatic rings. The van der Waals surface area contributed by atoms with Crippen molar-refractivity contribution in [3.63, 3.8) is 0 Å². The Labute approximate surface area is 141 Å². The van der Waals surface area contributed by atoms with Crippen molar-refractivity contribution in [2.75, 3.05) is 11.4 Å². The maximum Gasteiger partial charge on any atom is 0.435 e. The lowest BCUT2D eigenvalue weighted by atomic mass is 10.1. The van der Waals surface area contributed by atoms with Crippen molar-refractivity contribution in [3.05, 3.63) is 41.0 Å². The third kappa shape index (κ3) is 3.33. The van der Waals surface area contributed by atoms with Crippen molar-refractivity contribution >= 4 is 11.6 Å². The highest BCUT2D eigenvalue weighted by Crippen LogP contribution is 2.29. The molecule has 6 nitrogen and oxygen atoms in total. The summed E-state index contributed by atoms with van der Waals surface area (Å²) in [6.07, 6.45) is -3.23. The van der Waals surface area contributed by atoms with Gasteiger partial charge in [-0.3, -0.25) is 9.48 Å². The fourth-order valence-electron chi connectivity index (χ4n) is 2.79. The first-order valence-electron chi connectivity index (χ1n) is 7.61. The van der Waals surface area contributed by atoms with Crippen molar-refractivity contribution < 1.29 is 18.0 Å². The number of nitrogens with zero attached hydrogens (tertiary/aromatic N) is 5. The number of halogens is 3. The van der Waals surface area contributed by atoms with Gasteiger partial charge in [0.25, 0.3) is 0 Å². The van der Waals surface area contributed by atoms with Gasteiger partial charge in [0.2, 0.25) is 5.91 Å². The third-order valence-corrected chi connectivity index (χ3v) is 4.01. The Morgan fingerprint density at radius 1 is 1.40 bits per heavy atom. The minimum Gasteiger partial charge on any atom is -0.309 e. The molecule has 3 rings (SSSR count). The number of anilines is 1. The molecule has 0 aromatic carbocycles. The van der Waals surface area contributed by atoms with E-state index in [1.165, 1.54) is 17.9 Å². The second-order valence-electron chi connectivity index (χ2n) is 5.75. The maximum absolute atomic E-state index is 12.7. The molecule has 9 heteroatoms. The maximum atomic E-state index is 12.7. The van der Waals surface area contributed by atoms with Gasteiger partial charge in [0.05, 0.1) is 11.4 Å². The highest BCUT2D eigenvalue weighted by Gasteiger charge is 2.35. The topological polar surface area (TPSA) is 74.8 Å².